The maximum absolute atomic E-state index is 13.4. The average molecular weight is 458 g/mol. The van der Waals surface area contributed by atoms with E-state index in [9.17, 15) is 14.9 Å². The number of aromatic nitrogens is 4. The monoisotopic (exact) mass is 457 g/mol. The predicted molar refractivity (Wildman–Crippen MR) is 128 cm³/mol. The van der Waals surface area contributed by atoms with Crippen molar-refractivity contribution in [2.45, 2.75) is 24.3 Å². The maximum Gasteiger partial charge on any atom is 0.269 e. The van der Waals surface area contributed by atoms with Crippen LogP contribution in [0.3, 0.4) is 0 Å². The van der Waals surface area contributed by atoms with Crippen LogP contribution in [0.2, 0.25) is 0 Å². The van der Waals surface area contributed by atoms with Crippen molar-refractivity contribution in [1.82, 2.24) is 19.2 Å². The molecule has 0 fully saturated rings. The van der Waals surface area contributed by atoms with Crippen molar-refractivity contribution in [1.29, 1.82) is 0 Å². The number of rotatable bonds is 6. The Morgan fingerprint density at radius 1 is 0.939 bits per heavy atom. The van der Waals surface area contributed by atoms with Crippen LogP contribution in [0.25, 0.3) is 22.4 Å². The van der Waals surface area contributed by atoms with E-state index < -0.39 is 4.92 Å². The fourth-order valence-corrected chi connectivity index (χ4v) is 4.64. The molecule has 0 unspecified atom stereocenters. The van der Waals surface area contributed by atoms with Crippen molar-refractivity contribution in [3.63, 3.8) is 0 Å². The lowest BCUT2D eigenvalue weighted by atomic mass is 10.1. The van der Waals surface area contributed by atoms with Gasteiger partial charge in [-0.05, 0) is 41.8 Å². The predicted octanol–water partition coefficient (Wildman–Crippen LogP) is 4.80. The minimum absolute atomic E-state index is 0.0563. The van der Waals surface area contributed by atoms with Gasteiger partial charge in [0.2, 0.25) is 5.78 Å². The van der Waals surface area contributed by atoms with Crippen molar-refractivity contribution >= 4 is 34.1 Å². The second-order valence-corrected chi connectivity index (χ2v) is 8.45. The Morgan fingerprint density at radius 2 is 1.64 bits per heavy atom. The summed E-state index contributed by atoms with van der Waals surface area (Å²) >= 11 is 1.46. The van der Waals surface area contributed by atoms with Gasteiger partial charge in [-0.1, -0.05) is 55.1 Å². The van der Waals surface area contributed by atoms with Gasteiger partial charge in [0.25, 0.3) is 11.2 Å². The maximum atomic E-state index is 13.4. The van der Waals surface area contributed by atoms with Gasteiger partial charge in [-0.25, -0.2) is 4.57 Å². The van der Waals surface area contributed by atoms with Crippen LogP contribution in [0.15, 0.2) is 82.7 Å². The first-order valence-corrected chi connectivity index (χ1v) is 11.4. The van der Waals surface area contributed by atoms with Gasteiger partial charge in [0, 0.05) is 17.9 Å². The standard InChI is InChI=1S/C24H19N5O3S/c1-2-16-7-11-18(12-8-16)27-22(30)20-5-3-4-6-21(20)28-23(27)25-26-24(28)33-15-17-9-13-19(14-10-17)29(31)32/h3-14H,2,15H2,1H3. The molecule has 0 aliphatic rings. The molecule has 164 valence electrons. The van der Waals surface area contributed by atoms with E-state index in [1.54, 1.807) is 22.8 Å². The second kappa shape index (κ2) is 8.51. The van der Waals surface area contributed by atoms with Crippen LogP contribution >= 0.6 is 11.8 Å². The van der Waals surface area contributed by atoms with Gasteiger partial charge in [0.1, 0.15) is 0 Å². The smallest absolute Gasteiger partial charge is 0.268 e. The first-order valence-electron chi connectivity index (χ1n) is 10.4. The minimum Gasteiger partial charge on any atom is -0.268 e. The molecule has 0 atom stereocenters. The fraction of sp³-hybridized carbons (Fsp3) is 0.125. The summed E-state index contributed by atoms with van der Waals surface area (Å²) in [6.07, 6.45) is 0.913. The number of para-hydroxylation sites is 1. The van der Waals surface area contributed by atoms with Gasteiger partial charge in [-0.3, -0.25) is 19.3 Å². The second-order valence-electron chi connectivity index (χ2n) is 7.51. The molecule has 3 aromatic carbocycles. The van der Waals surface area contributed by atoms with E-state index in [4.69, 9.17) is 0 Å². The number of fused-ring (bicyclic) bond motifs is 3. The average Bonchev–Trinajstić information content (AvgIpc) is 3.27. The number of non-ortho nitro benzene ring substituents is 1. The molecule has 2 heterocycles. The molecule has 0 aliphatic carbocycles. The molecule has 9 heteroatoms. The first kappa shape index (κ1) is 20.9. The Hall–Kier alpha value is -3.98. The Kier molecular flexibility index (Phi) is 5.39. The molecule has 0 radical (unpaired) electrons. The van der Waals surface area contributed by atoms with E-state index in [1.165, 1.54) is 29.5 Å². The number of nitro groups is 1. The van der Waals surface area contributed by atoms with Crippen molar-refractivity contribution in [3.05, 3.63) is 104 Å². The number of benzene rings is 3. The molecule has 5 aromatic rings. The van der Waals surface area contributed by atoms with Gasteiger partial charge in [-0.2, -0.15) is 0 Å². The molecule has 33 heavy (non-hydrogen) atoms. The van der Waals surface area contributed by atoms with Gasteiger partial charge in [-0.15, -0.1) is 10.2 Å². The largest absolute Gasteiger partial charge is 0.269 e. The molecular formula is C24H19N5O3S. The van der Waals surface area contributed by atoms with Gasteiger partial charge in [0.15, 0.2) is 5.16 Å². The van der Waals surface area contributed by atoms with Crippen molar-refractivity contribution in [2.24, 2.45) is 0 Å². The Bertz CT molecular complexity index is 1540. The summed E-state index contributed by atoms with van der Waals surface area (Å²) in [7, 11) is 0. The lowest BCUT2D eigenvalue weighted by molar-refractivity contribution is -0.384. The van der Waals surface area contributed by atoms with Crippen molar-refractivity contribution in [2.75, 3.05) is 0 Å². The summed E-state index contributed by atoms with van der Waals surface area (Å²) in [6.45, 7) is 2.09. The molecule has 8 nitrogen and oxygen atoms in total. The number of nitro benzene ring substituents is 1. The van der Waals surface area contributed by atoms with Crippen molar-refractivity contribution < 1.29 is 4.92 Å². The summed E-state index contributed by atoms with van der Waals surface area (Å²) in [5, 5.41) is 20.8. The molecule has 2 aromatic heterocycles. The van der Waals surface area contributed by atoms with E-state index in [1.807, 2.05) is 46.9 Å². The molecule has 0 amide bonds. The SMILES string of the molecule is CCc1ccc(-n2c(=O)c3ccccc3n3c(SCc4ccc([N+](=O)[O-])cc4)nnc23)cc1. The number of aryl methyl sites for hydroxylation is 1. The van der Waals surface area contributed by atoms with Crippen LogP contribution in [-0.2, 0) is 12.2 Å². The topological polar surface area (TPSA) is 95.3 Å². The minimum atomic E-state index is -0.415. The van der Waals surface area contributed by atoms with Gasteiger partial charge >= 0.3 is 0 Å². The molecule has 0 aliphatic heterocycles. The molecule has 0 bridgehead atoms. The number of nitrogens with zero attached hydrogens (tertiary/aromatic N) is 5. The van der Waals surface area contributed by atoms with Crippen LogP contribution < -0.4 is 5.56 Å². The van der Waals surface area contributed by atoms with Crippen molar-refractivity contribution in [3.8, 4) is 5.69 Å². The normalized spacial score (nSPS) is 11.3. The summed E-state index contributed by atoms with van der Waals surface area (Å²) in [4.78, 5) is 23.9. The Labute approximate surface area is 192 Å². The van der Waals surface area contributed by atoms with E-state index in [0.717, 1.165) is 23.2 Å². The highest BCUT2D eigenvalue weighted by Gasteiger charge is 2.18. The number of hydrogen-bond acceptors (Lipinski definition) is 6. The third-order valence-electron chi connectivity index (χ3n) is 5.51. The van der Waals surface area contributed by atoms with Crippen LogP contribution in [-0.4, -0.2) is 24.1 Å². The highest BCUT2D eigenvalue weighted by molar-refractivity contribution is 7.98. The summed E-state index contributed by atoms with van der Waals surface area (Å²) < 4.78 is 3.48. The van der Waals surface area contributed by atoms with E-state index in [0.29, 0.717) is 22.1 Å². The van der Waals surface area contributed by atoms with Crippen LogP contribution in [0.5, 0.6) is 0 Å². The highest BCUT2D eigenvalue weighted by atomic mass is 32.2. The Balaban J connectivity index is 1.61. The first-order chi connectivity index (χ1) is 16.1. The van der Waals surface area contributed by atoms with Gasteiger partial charge in [0.05, 0.1) is 21.5 Å². The number of thioether (sulfide) groups is 1. The summed E-state index contributed by atoms with van der Waals surface area (Å²) in [5.74, 6) is 0.992. The van der Waals surface area contributed by atoms with E-state index >= 15 is 0 Å². The molecule has 5 rings (SSSR count). The highest BCUT2D eigenvalue weighted by Crippen LogP contribution is 2.26. The zero-order chi connectivity index (χ0) is 22.9. The molecule has 0 N–H and O–H groups in total. The molecule has 0 saturated heterocycles. The zero-order valence-electron chi connectivity index (χ0n) is 17.7. The number of hydrogen-bond donors (Lipinski definition) is 0. The fourth-order valence-electron chi connectivity index (χ4n) is 3.75. The van der Waals surface area contributed by atoms with Crippen LogP contribution in [0.1, 0.15) is 18.1 Å². The van der Waals surface area contributed by atoms with Crippen LogP contribution in [0, 0.1) is 10.1 Å². The third kappa shape index (κ3) is 3.76. The zero-order valence-corrected chi connectivity index (χ0v) is 18.5. The van der Waals surface area contributed by atoms with Crippen LogP contribution in [0.4, 0.5) is 5.69 Å². The third-order valence-corrected chi connectivity index (χ3v) is 6.51. The van der Waals surface area contributed by atoms with Gasteiger partial charge < -0.3 is 0 Å². The molecule has 0 spiro atoms. The molecule has 0 saturated carbocycles. The summed E-state index contributed by atoms with van der Waals surface area (Å²) in [5.41, 5.74) is 3.48. The summed E-state index contributed by atoms with van der Waals surface area (Å²) in [6, 6.07) is 21.7. The lowest BCUT2D eigenvalue weighted by Crippen LogP contribution is -2.21. The lowest BCUT2D eigenvalue weighted by Gasteiger charge is -2.12. The Morgan fingerprint density at radius 3 is 2.33 bits per heavy atom. The van der Waals surface area contributed by atoms with E-state index in [2.05, 4.69) is 17.1 Å². The molecular weight excluding hydrogens is 438 g/mol. The quantitative estimate of drug-likeness (QED) is 0.207. The van der Waals surface area contributed by atoms with E-state index in [-0.39, 0.29) is 11.2 Å².